The minimum Gasteiger partial charge on any atom is -0.489 e. The Bertz CT molecular complexity index is 1000. The standard InChI is InChI=1S/C23H22FN3O3/c1-16-5-11-20(12-6-16)25-14-22(28)26-27-23(29)18-3-2-4-21(13-18)30-15-17-7-9-19(24)10-8-17/h2-13,25H,14-15H2,1H3,(H,26,28)(H,27,29). The SMILES string of the molecule is Cc1ccc(NCC(=O)NNC(=O)c2cccc(OCc3ccc(F)cc3)c2)cc1. The molecule has 3 rings (SSSR count). The predicted octanol–water partition coefficient (Wildman–Crippen LogP) is 3.59. The van der Waals surface area contributed by atoms with E-state index in [-0.39, 0.29) is 24.9 Å². The van der Waals surface area contributed by atoms with Crippen molar-refractivity contribution in [1.82, 2.24) is 10.9 Å². The van der Waals surface area contributed by atoms with Crippen molar-refractivity contribution in [3.05, 3.63) is 95.3 Å². The molecular formula is C23H22FN3O3. The molecule has 6 nitrogen and oxygen atoms in total. The zero-order valence-electron chi connectivity index (χ0n) is 16.4. The van der Waals surface area contributed by atoms with Gasteiger partial charge in [0.05, 0.1) is 6.54 Å². The first kappa shape index (κ1) is 20.9. The smallest absolute Gasteiger partial charge is 0.269 e. The molecule has 0 radical (unpaired) electrons. The van der Waals surface area contributed by atoms with E-state index >= 15 is 0 Å². The first-order chi connectivity index (χ1) is 14.5. The number of halogens is 1. The molecule has 3 aromatic carbocycles. The predicted molar refractivity (Wildman–Crippen MR) is 112 cm³/mol. The number of carbonyl (C=O) groups excluding carboxylic acids is 2. The number of carbonyl (C=O) groups is 2. The third-order valence-corrected chi connectivity index (χ3v) is 4.24. The number of amides is 2. The van der Waals surface area contributed by atoms with Crippen LogP contribution in [0.5, 0.6) is 5.75 Å². The molecule has 0 saturated carbocycles. The van der Waals surface area contributed by atoms with Gasteiger partial charge in [0.1, 0.15) is 18.2 Å². The lowest BCUT2D eigenvalue weighted by Gasteiger charge is -2.11. The van der Waals surface area contributed by atoms with Crippen molar-refractivity contribution in [3.63, 3.8) is 0 Å². The minimum atomic E-state index is -0.467. The fourth-order valence-electron chi connectivity index (χ4n) is 2.57. The zero-order chi connectivity index (χ0) is 21.3. The van der Waals surface area contributed by atoms with Gasteiger partial charge in [0.25, 0.3) is 11.8 Å². The van der Waals surface area contributed by atoms with Gasteiger partial charge in [0.15, 0.2) is 0 Å². The van der Waals surface area contributed by atoms with Crippen LogP contribution in [-0.2, 0) is 11.4 Å². The molecule has 0 aliphatic rings. The topological polar surface area (TPSA) is 79.5 Å². The van der Waals surface area contributed by atoms with Gasteiger partial charge >= 0.3 is 0 Å². The van der Waals surface area contributed by atoms with E-state index in [0.29, 0.717) is 11.3 Å². The van der Waals surface area contributed by atoms with Gasteiger partial charge in [0, 0.05) is 11.3 Å². The molecule has 0 saturated heterocycles. The van der Waals surface area contributed by atoms with Crippen LogP contribution in [0.25, 0.3) is 0 Å². The van der Waals surface area contributed by atoms with E-state index < -0.39 is 5.91 Å². The molecule has 30 heavy (non-hydrogen) atoms. The van der Waals surface area contributed by atoms with Crippen LogP contribution in [0.2, 0.25) is 0 Å². The minimum absolute atomic E-state index is 0.0180. The summed E-state index contributed by atoms with van der Waals surface area (Å²) in [7, 11) is 0. The van der Waals surface area contributed by atoms with Crippen LogP contribution in [0.15, 0.2) is 72.8 Å². The lowest BCUT2D eigenvalue weighted by Crippen LogP contribution is -2.44. The third kappa shape index (κ3) is 6.34. The fraction of sp³-hybridized carbons (Fsp3) is 0.130. The second-order valence-electron chi connectivity index (χ2n) is 6.66. The van der Waals surface area contributed by atoms with Gasteiger partial charge < -0.3 is 10.1 Å². The highest BCUT2D eigenvalue weighted by Crippen LogP contribution is 2.15. The van der Waals surface area contributed by atoms with E-state index in [1.54, 1.807) is 36.4 Å². The summed E-state index contributed by atoms with van der Waals surface area (Å²) in [5.74, 6) is -0.675. The van der Waals surface area contributed by atoms with Crippen molar-refractivity contribution in [2.24, 2.45) is 0 Å². The molecule has 0 heterocycles. The van der Waals surface area contributed by atoms with Crippen LogP contribution in [-0.4, -0.2) is 18.4 Å². The molecule has 0 bridgehead atoms. The molecular weight excluding hydrogens is 385 g/mol. The number of aryl methyl sites for hydroxylation is 1. The van der Waals surface area contributed by atoms with Crippen LogP contribution in [0.4, 0.5) is 10.1 Å². The number of anilines is 1. The maximum Gasteiger partial charge on any atom is 0.269 e. The van der Waals surface area contributed by atoms with Gasteiger partial charge in [-0.15, -0.1) is 0 Å². The number of hydrogen-bond acceptors (Lipinski definition) is 4. The second-order valence-corrected chi connectivity index (χ2v) is 6.66. The highest BCUT2D eigenvalue weighted by Gasteiger charge is 2.09. The second kappa shape index (κ2) is 10.1. The molecule has 0 atom stereocenters. The van der Waals surface area contributed by atoms with Crippen molar-refractivity contribution in [3.8, 4) is 5.75 Å². The average molecular weight is 407 g/mol. The summed E-state index contributed by atoms with van der Waals surface area (Å²) in [6.45, 7) is 2.24. The number of rotatable bonds is 7. The van der Waals surface area contributed by atoms with Crippen LogP contribution in [0.1, 0.15) is 21.5 Å². The Balaban J connectivity index is 1.46. The van der Waals surface area contributed by atoms with Crippen molar-refractivity contribution in [2.75, 3.05) is 11.9 Å². The number of hydrazine groups is 1. The number of nitrogens with one attached hydrogen (secondary N) is 3. The molecule has 0 aliphatic heterocycles. The highest BCUT2D eigenvalue weighted by molar-refractivity contribution is 5.96. The van der Waals surface area contributed by atoms with Gasteiger partial charge in [-0.1, -0.05) is 35.9 Å². The number of hydrogen-bond donors (Lipinski definition) is 3. The van der Waals surface area contributed by atoms with Gasteiger partial charge in [0.2, 0.25) is 0 Å². The summed E-state index contributed by atoms with van der Waals surface area (Å²) in [4.78, 5) is 24.2. The van der Waals surface area contributed by atoms with Gasteiger partial charge in [-0.3, -0.25) is 20.4 Å². The summed E-state index contributed by atoms with van der Waals surface area (Å²) < 4.78 is 18.6. The van der Waals surface area contributed by atoms with Crippen LogP contribution < -0.4 is 20.9 Å². The molecule has 3 aromatic rings. The maximum atomic E-state index is 13.0. The van der Waals surface area contributed by atoms with Crippen molar-refractivity contribution in [2.45, 2.75) is 13.5 Å². The summed E-state index contributed by atoms with van der Waals surface area (Å²) in [5, 5.41) is 2.97. The van der Waals surface area contributed by atoms with Crippen molar-refractivity contribution >= 4 is 17.5 Å². The van der Waals surface area contributed by atoms with Crippen LogP contribution in [0.3, 0.4) is 0 Å². The van der Waals surface area contributed by atoms with E-state index in [2.05, 4.69) is 16.2 Å². The Morgan fingerprint density at radius 3 is 2.40 bits per heavy atom. The molecule has 2 amide bonds. The van der Waals surface area contributed by atoms with Crippen LogP contribution in [0, 0.1) is 12.7 Å². The van der Waals surface area contributed by atoms with Crippen LogP contribution >= 0.6 is 0 Å². The van der Waals surface area contributed by atoms with Gasteiger partial charge in [-0.2, -0.15) is 0 Å². The monoisotopic (exact) mass is 407 g/mol. The summed E-state index contributed by atoms with van der Waals surface area (Å²) in [5.41, 5.74) is 7.82. The van der Waals surface area contributed by atoms with E-state index in [1.165, 1.54) is 12.1 Å². The molecule has 0 aromatic heterocycles. The fourth-order valence-corrected chi connectivity index (χ4v) is 2.57. The summed E-state index contributed by atoms with van der Waals surface area (Å²) >= 11 is 0. The largest absolute Gasteiger partial charge is 0.489 e. The lowest BCUT2D eigenvalue weighted by molar-refractivity contribution is -0.120. The summed E-state index contributed by atoms with van der Waals surface area (Å²) in [6.07, 6.45) is 0. The maximum absolute atomic E-state index is 13.0. The first-order valence-electron chi connectivity index (χ1n) is 9.36. The lowest BCUT2D eigenvalue weighted by atomic mass is 10.2. The molecule has 0 spiro atoms. The Kier molecular flexibility index (Phi) is 7.00. The first-order valence-corrected chi connectivity index (χ1v) is 9.36. The number of benzene rings is 3. The Morgan fingerprint density at radius 1 is 0.933 bits per heavy atom. The molecule has 154 valence electrons. The van der Waals surface area contributed by atoms with E-state index in [4.69, 9.17) is 4.74 Å². The Labute approximate surface area is 174 Å². The molecule has 7 heteroatoms. The molecule has 0 fully saturated rings. The van der Waals surface area contributed by atoms with Crippen molar-refractivity contribution < 1.29 is 18.7 Å². The zero-order valence-corrected chi connectivity index (χ0v) is 16.4. The summed E-state index contributed by atoms with van der Waals surface area (Å²) in [6, 6.07) is 20.2. The Morgan fingerprint density at radius 2 is 1.67 bits per heavy atom. The third-order valence-electron chi connectivity index (χ3n) is 4.24. The Hall–Kier alpha value is -3.87. The normalized spacial score (nSPS) is 10.2. The van der Waals surface area contributed by atoms with Gasteiger partial charge in [-0.25, -0.2) is 4.39 Å². The average Bonchev–Trinajstić information content (AvgIpc) is 2.77. The number of ether oxygens (including phenoxy) is 1. The quantitative estimate of drug-likeness (QED) is 0.523. The molecule has 0 unspecified atom stereocenters. The van der Waals surface area contributed by atoms with Crippen molar-refractivity contribution in [1.29, 1.82) is 0 Å². The van der Waals surface area contributed by atoms with E-state index in [1.807, 2.05) is 31.2 Å². The van der Waals surface area contributed by atoms with E-state index in [0.717, 1.165) is 16.8 Å². The molecule has 3 N–H and O–H groups in total. The van der Waals surface area contributed by atoms with E-state index in [9.17, 15) is 14.0 Å². The molecule has 0 aliphatic carbocycles. The highest BCUT2D eigenvalue weighted by atomic mass is 19.1. The van der Waals surface area contributed by atoms with Gasteiger partial charge in [-0.05, 0) is 55.0 Å².